The fourth-order valence-corrected chi connectivity index (χ4v) is 2.45. The van der Waals surface area contributed by atoms with Gasteiger partial charge in [0.05, 0.1) is 6.61 Å². The standard InChI is InChI=1S/C15H25ClN2O2/c1-19-9-4-7-18(8-10-20-2)15(12-17)13-5-3-6-14(16)11-13/h3,5-6,11,15H,4,7-10,12,17H2,1-2H3. The van der Waals surface area contributed by atoms with Crippen molar-refractivity contribution in [2.24, 2.45) is 5.73 Å². The molecule has 2 N–H and O–H groups in total. The topological polar surface area (TPSA) is 47.7 Å². The second kappa shape index (κ2) is 10.1. The zero-order valence-electron chi connectivity index (χ0n) is 12.3. The summed E-state index contributed by atoms with van der Waals surface area (Å²) < 4.78 is 10.3. The predicted molar refractivity (Wildman–Crippen MR) is 83.2 cm³/mol. The lowest BCUT2D eigenvalue weighted by Crippen LogP contribution is -2.37. The van der Waals surface area contributed by atoms with Gasteiger partial charge >= 0.3 is 0 Å². The zero-order valence-corrected chi connectivity index (χ0v) is 13.1. The lowest BCUT2D eigenvalue weighted by Gasteiger charge is -2.31. The molecule has 0 radical (unpaired) electrons. The molecule has 0 spiro atoms. The predicted octanol–water partition coefficient (Wildman–Crippen LogP) is 2.32. The normalized spacial score (nSPS) is 12.8. The van der Waals surface area contributed by atoms with Crippen LogP contribution in [-0.4, -0.2) is 52.0 Å². The first-order valence-electron chi connectivity index (χ1n) is 6.90. The molecule has 1 aromatic carbocycles. The highest BCUT2D eigenvalue weighted by Crippen LogP contribution is 2.22. The number of hydrogen-bond acceptors (Lipinski definition) is 4. The second-order valence-electron chi connectivity index (χ2n) is 4.68. The molecule has 0 aliphatic carbocycles. The van der Waals surface area contributed by atoms with Crippen molar-refractivity contribution in [3.63, 3.8) is 0 Å². The summed E-state index contributed by atoms with van der Waals surface area (Å²) in [5.74, 6) is 0. The number of nitrogens with two attached hydrogens (primary N) is 1. The number of benzene rings is 1. The van der Waals surface area contributed by atoms with Gasteiger partial charge in [0.25, 0.3) is 0 Å². The highest BCUT2D eigenvalue weighted by molar-refractivity contribution is 6.30. The minimum atomic E-state index is 0.153. The third-order valence-corrected chi connectivity index (χ3v) is 3.51. The molecule has 114 valence electrons. The Morgan fingerprint density at radius 2 is 1.95 bits per heavy atom. The van der Waals surface area contributed by atoms with Gasteiger partial charge in [-0.05, 0) is 24.1 Å². The molecule has 0 fully saturated rings. The fraction of sp³-hybridized carbons (Fsp3) is 0.600. The van der Waals surface area contributed by atoms with Crippen LogP contribution in [0.5, 0.6) is 0 Å². The van der Waals surface area contributed by atoms with Crippen molar-refractivity contribution in [1.82, 2.24) is 4.90 Å². The van der Waals surface area contributed by atoms with Gasteiger partial charge < -0.3 is 15.2 Å². The summed E-state index contributed by atoms with van der Waals surface area (Å²) in [6.07, 6.45) is 0.970. The van der Waals surface area contributed by atoms with Gasteiger partial charge in [-0.2, -0.15) is 0 Å². The molecule has 1 aromatic rings. The molecular weight excluding hydrogens is 276 g/mol. The van der Waals surface area contributed by atoms with Gasteiger partial charge in [0, 0.05) is 51.5 Å². The largest absolute Gasteiger partial charge is 0.385 e. The van der Waals surface area contributed by atoms with Gasteiger partial charge in [-0.15, -0.1) is 0 Å². The van der Waals surface area contributed by atoms with Crippen molar-refractivity contribution < 1.29 is 9.47 Å². The van der Waals surface area contributed by atoms with E-state index >= 15 is 0 Å². The van der Waals surface area contributed by atoms with E-state index in [0.717, 1.165) is 36.7 Å². The highest BCUT2D eigenvalue weighted by Gasteiger charge is 2.18. The molecule has 0 bridgehead atoms. The third-order valence-electron chi connectivity index (χ3n) is 3.27. The molecular formula is C15H25ClN2O2. The number of rotatable bonds is 10. The van der Waals surface area contributed by atoms with Crippen LogP contribution in [0.1, 0.15) is 18.0 Å². The SMILES string of the molecule is COCCCN(CCOC)C(CN)c1cccc(Cl)c1. The molecule has 1 atom stereocenters. The van der Waals surface area contributed by atoms with E-state index in [0.29, 0.717) is 13.2 Å². The Kier molecular flexibility index (Phi) is 8.82. The van der Waals surface area contributed by atoms with E-state index in [-0.39, 0.29) is 6.04 Å². The van der Waals surface area contributed by atoms with E-state index in [2.05, 4.69) is 11.0 Å². The Bertz CT molecular complexity index is 377. The third kappa shape index (κ3) is 5.77. The van der Waals surface area contributed by atoms with Crippen molar-refractivity contribution in [2.45, 2.75) is 12.5 Å². The maximum Gasteiger partial charge on any atom is 0.0589 e. The van der Waals surface area contributed by atoms with Crippen molar-refractivity contribution in [3.8, 4) is 0 Å². The lowest BCUT2D eigenvalue weighted by atomic mass is 10.0. The molecule has 1 rings (SSSR count). The quantitative estimate of drug-likeness (QED) is 0.674. The Hall–Kier alpha value is -0.650. The number of hydrogen-bond donors (Lipinski definition) is 1. The van der Waals surface area contributed by atoms with Crippen molar-refractivity contribution >= 4 is 11.6 Å². The van der Waals surface area contributed by atoms with Crippen LogP contribution in [0.4, 0.5) is 0 Å². The summed E-state index contributed by atoms with van der Waals surface area (Å²) in [5.41, 5.74) is 7.12. The maximum absolute atomic E-state index is 6.08. The van der Waals surface area contributed by atoms with Crippen molar-refractivity contribution in [3.05, 3.63) is 34.9 Å². The summed E-state index contributed by atoms with van der Waals surface area (Å²) in [7, 11) is 3.43. The van der Waals surface area contributed by atoms with Crippen LogP contribution in [0.2, 0.25) is 5.02 Å². The van der Waals surface area contributed by atoms with Crippen LogP contribution in [-0.2, 0) is 9.47 Å². The van der Waals surface area contributed by atoms with Crippen LogP contribution in [0, 0.1) is 0 Å². The Morgan fingerprint density at radius 3 is 2.55 bits per heavy atom. The first kappa shape index (κ1) is 17.4. The summed E-state index contributed by atoms with van der Waals surface area (Å²) in [5, 5.41) is 0.740. The van der Waals surface area contributed by atoms with E-state index in [1.54, 1.807) is 14.2 Å². The summed E-state index contributed by atoms with van der Waals surface area (Å²) in [6.45, 7) is 3.75. The number of nitrogens with zero attached hydrogens (tertiary/aromatic N) is 1. The summed E-state index contributed by atoms with van der Waals surface area (Å²) in [6, 6.07) is 8.04. The molecule has 4 nitrogen and oxygen atoms in total. The van der Waals surface area contributed by atoms with Gasteiger partial charge in [-0.1, -0.05) is 23.7 Å². The first-order valence-corrected chi connectivity index (χ1v) is 7.28. The molecule has 0 heterocycles. The lowest BCUT2D eigenvalue weighted by molar-refractivity contribution is 0.108. The number of methoxy groups -OCH3 is 2. The molecule has 0 saturated heterocycles. The van der Waals surface area contributed by atoms with Crippen LogP contribution < -0.4 is 5.73 Å². The van der Waals surface area contributed by atoms with E-state index < -0.39 is 0 Å². The molecule has 0 saturated carbocycles. The van der Waals surface area contributed by atoms with E-state index in [1.165, 1.54) is 0 Å². The van der Waals surface area contributed by atoms with E-state index in [1.807, 2.05) is 18.2 Å². The highest BCUT2D eigenvalue weighted by atomic mass is 35.5. The average Bonchev–Trinajstić information content (AvgIpc) is 2.45. The van der Waals surface area contributed by atoms with Gasteiger partial charge in [-0.3, -0.25) is 4.90 Å². The Balaban J connectivity index is 2.77. The molecule has 20 heavy (non-hydrogen) atoms. The molecule has 5 heteroatoms. The average molecular weight is 301 g/mol. The van der Waals surface area contributed by atoms with Gasteiger partial charge in [-0.25, -0.2) is 0 Å². The maximum atomic E-state index is 6.08. The summed E-state index contributed by atoms with van der Waals surface area (Å²) in [4.78, 5) is 2.33. The number of halogens is 1. The van der Waals surface area contributed by atoms with Crippen molar-refractivity contribution in [2.75, 3.05) is 47.1 Å². The smallest absolute Gasteiger partial charge is 0.0589 e. The zero-order chi connectivity index (χ0) is 14.8. The molecule has 0 amide bonds. The van der Waals surface area contributed by atoms with Crippen LogP contribution in [0.25, 0.3) is 0 Å². The second-order valence-corrected chi connectivity index (χ2v) is 5.12. The van der Waals surface area contributed by atoms with E-state index in [4.69, 9.17) is 26.8 Å². The van der Waals surface area contributed by atoms with Crippen LogP contribution in [0.3, 0.4) is 0 Å². The van der Waals surface area contributed by atoms with Crippen LogP contribution in [0.15, 0.2) is 24.3 Å². The number of ether oxygens (including phenoxy) is 2. The molecule has 0 aliphatic rings. The fourth-order valence-electron chi connectivity index (χ4n) is 2.25. The molecule has 0 aromatic heterocycles. The monoisotopic (exact) mass is 300 g/mol. The molecule has 1 unspecified atom stereocenters. The first-order chi connectivity index (χ1) is 9.72. The van der Waals surface area contributed by atoms with Crippen molar-refractivity contribution in [1.29, 1.82) is 0 Å². The Morgan fingerprint density at radius 1 is 1.20 bits per heavy atom. The van der Waals surface area contributed by atoms with Gasteiger partial charge in [0.1, 0.15) is 0 Å². The van der Waals surface area contributed by atoms with Gasteiger partial charge in [0.2, 0.25) is 0 Å². The van der Waals surface area contributed by atoms with E-state index in [9.17, 15) is 0 Å². The van der Waals surface area contributed by atoms with Gasteiger partial charge in [0.15, 0.2) is 0 Å². The molecule has 0 aliphatic heterocycles. The van der Waals surface area contributed by atoms with Crippen LogP contribution >= 0.6 is 11.6 Å². The minimum Gasteiger partial charge on any atom is -0.385 e. The minimum absolute atomic E-state index is 0.153. The Labute approximate surface area is 126 Å². The summed E-state index contributed by atoms with van der Waals surface area (Å²) >= 11 is 6.08.